The number of rotatable bonds is 6. The first kappa shape index (κ1) is 14.8. The summed E-state index contributed by atoms with van der Waals surface area (Å²) in [4.78, 5) is 11.6. The van der Waals surface area contributed by atoms with Crippen LogP contribution in [0.5, 0.6) is 0 Å². The van der Waals surface area contributed by atoms with Crippen LogP contribution in [0.2, 0.25) is 5.02 Å². The zero-order valence-electron chi connectivity index (χ0n) is 10.6. The third kappa shape index (κ3) is 4.18. The Kier molecular flexibility index (Phi) is 5.92. The van der Waals surface area contributed by atoms with Crippen LogP contribution in [0.25, 0.3) is 0 Å². The van der Waals surface area contributed by atoms with Crippen molar-refractivity contribution in [2.75, 3.05) is 11.9 Å². The van der Waals surface area contributed by atoms with Crippen LogP contribution in [0.3, 0.4) is 0 Å². The molecule has 1 aromatic rings. The molecule has 0 aliphatic rings. The van der Waals surface area contributed by atoms with Crippen LogP contribution in [0.15, 0.2) is 18.2 Å². The summed E-state index contributed by atoms with van der Waals surface area (Å²) < 4.78 is 13.4. The summed E-state index contributed by atoms with van der Waals surface area (Å²) in [5.74, 6) is -0.624. The van der Waals surface area contributed by atoms with E-state index in [1.54, 1.807) is 6.07 Å². The van der Waals surface area contributed by atoms with Gasteiger partial charge in [-0.3, -0.25) is 4.79 Å². The fraction of sp³-hybridized carbons (Fsp3) is 0.462. The Balaban J connectivity index is 2.52. The third-order valence-corrected chi connectivity index (χ3v) is 3.05. The van der Waals surface area contributed by atoms with Crippen molar-refractivity contribution >= 4 is 23.2 Å². The van der Waals surface area contributed by atoms with E-state index in [0.717, 1.165) is 12.8 Å². The first-order valence-corrected chi connectivity index (χ1v) is 6.43. The Labute approximate surface area is 112 Å². The number of para-hydroxylation sites is 1. The SMILES string of the molecule is CCC(CC)NC(=O)CNc1c(F)cccc1Cl. The van der Waals surface area contributed by atoms with Gasteiger partial charge in [0.1, 0.15) is 5.82 Å². The van der Waals surface area contributed by atoms with Crippen LogP contribution in [0, 0.1) is 5.82 Å². The van der Waals surface area contributed by atoms with Gasteiger partial charge in [0.2, 0.25) is 5.91 Å². The Morgan fingerprint density at radius 2 is 2.06 bits per heavy atom. The Hall–Kier alpha value is -1.29. The van der Waals surface area contributed by atoms with Gasteiger partial charge in [-0.2, -0.15) is 0 Å². The van der Waals surface area contributed by atoms with Crippen molar-refractivity contribution in [3.8, 4) is 0 Å². The third-order valence-electron chi connectivity index (χ3n) is 2.74. The fourth-order valence-corrected chi connectivity index (χ4v) is 1.84. The average Bonchev–Trinajstić information content (AvgIpc) is 2.35. The smallest absolute Gasteiger partial charge is 0.239 e. The molecule has 0 bridgehead atoms. The molecule has 0 fully saturated rings. The predicted molar refractivity (Wildman–Crippen MR) is 72.4 cm³/mol. The molecule has 0 aromatic heterocycles. The number of amides is 1. The summed E-state index contributed by atoms with van der Waals surface area (Å²) in [7, 11) is 0. The van der Waals surface area contributed by atoms with Gasteiger partial charge in [0.15, 0.2) is 0 Å². The van der Waals surface area contributed by atoms with Gasteiger partial charge in [-0.15, -0.1) is 0 Å². The number of halogens is 2. The largest absolute Gasteiger partial charge is 0.373 e. The number of benzene rings is 1. The molecule has 1 aromatic carbocycles. The maximum absolute atomic E-state index is 13.4. The molecule has 0 saturated carbocycles. The zero-order chi connectivity index (χ0) is 13.5. The quantitative estimate of drug-likeness (QED) is 0.835. The molecule has 0 radical (unpaired) electrons. The van der Waals surface area contributed by atoms with Crippen molar-refractivity contribution in [2.45, 2.75) is 32.7 Å². The van der Waals surface area contributed by atoms with Gasteiger partial charge in [-0.05, 0) is 25.0 Å². The van der Waals surface area contributed by atoms with Crippen molar-refractivity contribution in [1.29, 1.82) is 0 Å². The van der Waals surface area contributed by atoms with Crippen LogP contribution < -0.4 is 10.6 Å². The second-order valence-electron chi connectivity index (χ2n) is 4.03. The number of hydrogen-bond acceptors (Lipinski definition) is 2. The molecule has 1 rings (SSSR count). The molecule has 0 saturated heterocycles. The van der Waals surface area contributed by atoms with E-state index in [2.05, 4.69) is 10.6 Å². The Morgan fingerprint density at radius 3 is 2.61 bits per heavy atom. The Morgan fingerprint density at radius 1 is 1.39 bits per heavy atom. The van der Waals surface area contributed by atoms with E-state index in [1.165, 1.54) is 12.1 Å². The maximum Gasteiger partial charge on any atom is 0.239 e. The minimum Gasteiger partial charge on any atom is -0.373 e. The number of nitrogens with one attached hydrogen (secondary N) is 2. The molecule has 0 heterocycles. The number of carbonyl (C=O) groups excluding carboxylic acids is 1. The van der Waals surface area contributed by atoms with Crippen molar-refractivity contribution in [2.24, 2.45) is 0 Å². The molecule has 3 nitrogen and oxygen atoms in total. The second-order valence-corrected chi connectivity index (χ2v) is 4.44. The molecule has 18 heavy (non-hydrogen) atoms. The molecule has 0 spiro atoms. The standard InChI is InChI=1S/C13H18ClFN2O/c1-3-9(4-2)17-12(18)8-16-13-10(14)6-5-7-11(13)15/h5-7,9,16H,3-4,8H2,1-2H3,(H,17,18). The van der Waals surface area contributed by atoms with Crippen molar-refractivity contribution in [1.82, 2.24) is 5.32 Å². The molecule has 5 heteroatoms. The highest BCUT2D eigenvalue weighted by Crippen LogP contribution is 2.24. The lowest BCUT2D eigenvalue weighted by atomic mass is 10.2. The molecule has 0 unspecified atom stereocenters. The van der Waals surface area contributed by atoms with Crippen LogP contribution in [0.1, 0.15) is 26.7 Å². The minimum absolute atomic E-state index is 0.0111. The molecular formula is C13H18ClFN2O. The van der Waals surface area contributed by atoms with Crippen molar-refractivity contribution in [3.63, 3.8) is 0 Å². The lowest BCUT2D eigenvalue weighted by molar-refractivity contribution is -0.120. The molecule has 0 atom stereocenters. The van der Waals surface area contributed by atoms with Gasteiger partial charge in [0.25, 0.3) is 0 Å². The molecule has 1 amide bonds. The summed E-state index contributed by atoms with van der Waals surface area (Å²) >= 11 is 5.84. The summed E-state index contributed by atoms with van der Waals surface area (Å²) in [6.07, 6.45) is 1.76. The van der Waals surface area contributed by atoms with Gasteiger partial charge in [-0.1, -0.05) is 31.5 Å². The monoisotopic (exact) mass is 272 g/mol. The fourth-order valence-electron chi connectivity index (χ4n) is 1.61. The molecule has 2 N–H and O–H groups in total. The van der Waals surface area contributed by atoms with Gasteiger partial charge in [0, 0.05) is 6.04 Å². The summed E-state index contributed by atoms with van der Waals surface area (Å²) in [6, 6.07) is 4.56. The molecule has 0 aliphatic carbocycles. The number of carbonyl (C=O) groups is 1. The summed E-state index contributed by atoms with van der Waals surface area (Å²) in [5, 5.41) is 5.84. The highest BCUT2D eigenvalue weighted by Gasteiger charge is 2.10. The van der Waals surface area contributed by atoms with Gasteiger partial charge in [-0.25, -0.2) is 4.39 Å². The summed E-state index contributed by atoms with van der Waals surface area (Å²) in [6.45, 7) is 4.03. The number of hydrogen-bond donors (Lipinski definition) is 2. The summed E-state index contributed by atoms with van der Waals surface area (Å²) in [5.41, 5.74) is 0.166. The van der Waals surface area contributed by atoms with E-state index in [0.29, 0.717) is 0 Å². The van der Waals surface area contributed by atoms with Crippen LogP contribution in [0.4, 0.5) is 10.1 Å². The highest BCUT2D eigenvalue weighted by atomic mass is 35.5. The van der Waals surface area contributed by atoms with Crippen molar-refractivity contribution in [3.05, 3.63) is 29.0 Å². The van der Waals surface area contributed by atoms with Gasteiger partial charge >= 0.3 is 0 Å². The zero-order valence-corrected chi connectivity index (χ0v) is 11.4. The van der Waals surface area contributed by atoms with Crippen LogP contribution in [-0.2, 0) is 4.79 Å². The maximum atomic E-state index is 13.4. The van der Waals surface area contributed by atoms with Crippen molar-refractivity contribution < 1.29 is 9.18 Å². The number of anilines is 1. The first-order valence-electron chi connectivity index (χ1n) is 6.05. The van der Waals surface area contributed by atoms with E-state index in [4.69, 9.17) is 11.6 Å². The lowest BCUT2D eigenvalue weighted by Gasteiger charge is -2.15. The van der Waals surface area contributed by atoms with Crippen LogP contribution >= 0.6 is 11.6 Å². The normalized spacial score (nSPS) is 10.5. The van der Waals surface area contributed by atoms with Crippen LogP contribution in [-0.4, -0.2) is 18.5 Å². The molecular weight excluding hydrogens is 255 g/mol. The van der Waals surface area contributed by atoms with E-state index in [1.807, 2.05) is 13.8 Å². The van der Waals surface area contributed by atoms with E-state index < -0.39 is 5.82 Å². The van der Waals surface area contributed by atoms with E-state index in [9.17, 15) is 9.18 Å². The second kappa shape index (κ2) is 7.21. The molecule has 100 valence electrons. The van der Waals surface area contributed by atoms with Gasteiger partial charge in [0.05, 0.1) is 17.3 Å². The predicted octanol–water partition coefficient (Wildman–Crippen LogP) is 3.20. The lowest BCUT2D eigenvalue weighted by Crippen LogP contribution is -2.37. The topological polar surface area (TPSA) is 41.1 Å². The Bertz CT molecular complexity index is 388. The molecule has 0 aliphatic heterocycles. The minimum atomic E-state index is -0.460. The average molecular weight is 273 g/mol. The van der Waals surface area contributed by atoms with E-state index in [-0.39, 0.29) is 29.2 Å². The first-order chi connectivity index (χ1) is 8.58. The van der Waals surface area contributed by atoms with Gasteiger partial charge < -0.3 is 10.6 Å². The van der Waals surface area contributed by atoms with E-state index >= 15 is 0 Å². The highest BCUT2D eigenvalue weighted by molar-refractivity contribution is 6.33.